The average molecular weight is 326 g/mol. The third kappa shape index (κ3) is 3.50. The number of hydrogen-bond donors (Lipinski definition) is 0. The molecule has 0 saturated carbocycles. The van der Waals surface area contributed by atoms with E-state index >= 15 is 0 Å². The van der Waals surface area contributed by atoms with Gasteiger partial charge in [0.1, 0.15) is 5.60 Å². The molecule has 0 bridgehead atoms. The van der Waals surface area contributed by atoms with Crippen molar-refractivity contribution in [3.05, 3.63) is 33.8 Å². The highest BCUT2D eigenvalue weighted by molar-refractivity contribution is 9.10. The third-order valence-corrected chi connectivity index (χ3v) is 3.68. The van der Waals surface area contributed by atoms with Gasteiger partial charge in [-0.2, -0.15) is 0 Å². The minimum absolute atomic E-state index is 0.164. The third-order valence-electron chi connectivity index (χ3n) is 3.18. The van der Waals surface area contributed by atoms with Crippen LogP contribution in [0.1, 0.15) is 38.8 Å². The molecule has 0 N–H and O–H groups in total. The number of halogens is 1. The average Bonchev–Trinajstić information content (AvgIpc) is 2.25. The SMILES string of the molecule is C[C@H]1Cc2cc(Br)ccc2CN1C(=O)OC(C)(C)C. The number of rotatable bonds is 0. The molecule has 1 aliphatic heterocycles. The first-order valence-corrected chi connectivity index (χ1v) is 7.32. The van der Waals surface area contributed by atoms with Crippen LogP contribution in [0.3, 0.4) is 0 Å². The Morgan fingerprint density at radius 1 is 1.37 bits per heavy atom. The molecule has 19 heavy (non-hydrogen) atoms. The Morgan fingerprint density at radius 3 is 2.68 bits per heavy atom. The predicted octanol–water partition coefficient (Wildman–Crippen LogP) is 4.13. The quantitative estimate of drug-likeness (QED) is 0.717. The first-order valence-electron chi connectivity index (χ1n) is 6.53. The van der Waals surface area contributed by atoms with Crippen LogP contribution in [0.4, 0.5) is 4.79 Å². The van der Waals surface area contributed by atoms with Crippen LogP contribution in [0, 0.1) is 0 Å². The fraction of sp³-hybridized carbons (Fsp3) is 0.533. The van der Waals surface area contributed by atoms with E-state index < -0.39 is 5.60 Å². The maximum absolute atomic E-state index is 12.2. The van der Waals surface area contributed by atoms with Crippen molar-refractivity contribution in [2.75, 3.05) is 0 Å². The van der Waals surface area contributed by atoms with E-state index in [1.165, 1.54) is 11.1 Å². The van der Waals surface area contributed by atoms with Gasteiger partial charge in [0.2, 0.25) is 0 Å². The van der Waals surface area contributed by atoms with Crippen LogP contribution in [0.25, 0.3) is 0 Å². The Kier molecular flexibility index (Phi) is 3.90. The van der Waals surface area contributed by atoms with Gasteiger partial charge >= 0.3 is 6.09 Å². The molecule has 0 spiro atoms. The molecule has 1 aliphatic rings. The van der Waals surface area contributed by atoms with Gasteiger partial charge in [0, 0.05) is 17.1 Å². The maximum atomic E-state index is 12.2. The summed E-state index contributed by atoms with van der Waals surface area (Å²) in [5.74, 6) is 0. The lowest BCUT2D eigenvalue weighted by molar-refractivity contribution is 0.0138. The van der Waals surface area contributed by atoms with Gasteiger partial charge in [-0.25, -0.2) is 4.79 Å². The molecule has 2 rings (SSSR count). The van der Waals surface area contributed by atoms with Crippen molar-refractivity contribution in [2.45, 2.75) is 52.3 Å². The predicted molar refractivity (Wildman–Crippen MR) is 79.1 cm³/mol. The zero-order valence-corrected chi connectivity index (χ0v) is 13.5. The molecule has 0 unspecified atom stereocenters. The summed E-state index contributed by atoms with van der Waals surface area (Å²) in [6, 6.07) is 6.39. The van der Waals surface area contributed by atoms with Crippen LogP contribution >= 0.6 is 15.9 Å². The van der Waals surface area contributed by atoms with E-state index in [0.717, 1.165) is 10.9 Å². The fourth-order valence-corrected chi connectivity index (χ4v) is 2.68. The molecule has 1 aromatic carbocycles. The highest BCUT2D eigenvalue weighted by Gasteiger charge is 2.30. The zero-order chi connectivity index (χ0) is 14.2. The van der Waals surface area contributed by atoms with E-state index in [1.807, 2.05) is 31.7 Å². The monoisotopic (exact) mass is 325 g/mol. The second-order valence-corrected chi connectivity index (χ2v) is 6.99. The molecule has 4 heteroatoms. The van der Waals surface area contributed by atoms with E-state index in [2.05, 4.69) is 35.0 Å². The first kappa shape index (κ1) is 14.4. The van der Waals surface area contributed by atoms with E-state index in [0.29, 0.717) is 6.54 Å². The lowest BCUT2D eigenvalue weighted by atomic mass is 9.95. The molecule has 0 aromatic heterocycles. The Bertz CT molecular complexity index is 493. The van der Waals surface area contributed by atoms with Crippen molar-refractivity contribution in [1.82, 2.24) is 4.90 Å². The lowest BCUT2D eigenvalue weighted by Crippen LogP contribution is -2.45. The number of ether oxygens (including phenoxy) is 1. The van der Waals surface area contributed by atoms with Crippen LogP contribution in [-0.4, -0.2) is 22.6 Å². The summed E-state index contributed by atoms with van der Waals surface area (Å²) in [4.78, 5) is 14.0. The van der Waals surface area contributed by atoms with Gasteiger partial charge in [0.05, 0.1) is 0 Å². The van der Waals surface area contributed by atoms with Crippen molar-refractivity contribution in [1.29, 1.82) is 0 Å². The van der Waals surface area contributed by atoms with Crippen LogP contribution in [0.5, 0.6) is 0 Å². The van der Waals surface area contributed by atoms with Crippen molar-refractivity contribution >= 4 is 22.0 Å². The number of hydrogen-bond acceptors (Lipinski definition) is 2. The number of fused-ring (bicyclic) bond motifs is 1. The van der Waals surface area contributed by atoms with Gasteiger partial charge in [-0.1, -0.05) is 22.0 Å². The molecular weight excluding hydrogens is 306 g/mol. The number of carbonyl (C=O) groups excluding carboxylic acids is 1. The lowest BCUT2D eigenvalue weighted by Gasteiger charge is -2.36. The van der Waals surface area contributed by atoms with E-state index in [-0.39, 0.29) is 12.1 Å². The Balaban J connectivity index is 2.17. The largest absolute Gasteiger partial charge is 0.444 e. The van der Waals surface area contributed by atoms with Gasteiger partial charge in [-0.3, -0.25) is 0 Å². The van der Waals surface area contributed by atoms with Crippen LogP contribution < -0.4 is 0 Å². The van der Waals surface area contributed by atoms with Crippen LogP contribution in [-0.2, 0) is 17.7 Å². The molecule has 104 valence electrons. The topological polar surface area (TPSA) is 29.5 Å². The molecule has 3 nitrogen and oxygen atoms in total. The maximum Gasteiger partial charge on any atom is 0.410 e. The summed E-state index contributed by atoms with van der Waals surface area (Å²) >= 11 is 3.49. The van der Waals surface area contributed by atoms with Gasteiger partial charge in [-0.05, 0) is 57.4 Å². The summed E-state index contributed by atoms with van der Waals surface area (Å²) in [5.41, 5.74) is 2.06. The smallest absolute Gasteiger partial charge is 0.410 e. The van der Waals surface area contributed by atoms with E-state index in [1.54, 1.807) is 0 Å². The molecule has 1 aromatic rings. The molecule has 1 amide bonds. The normalized spacial score (nSPS) is 19.0. The summed E-state index contributed by atoms with van der Waals surface area (Å²) in [5, 5.41) is 0. The standard InChI is InChI=1S/C15H20BrNO2/c1-10-7-12-8-13(16)6-5-11(12)9-17(10)14(18)19-15(2,3)4/h5-6,8,10H,7,9H2,1-4H3/t10-/m0/s1. The fourth-order valence-electron chi connectivity index (χ4n) is 2.27. The summed E-state index contributed by atoms with van der Waals surface area (Å²) in [7, 11) is 0. The second kappa shape index (κ2) is 5.16. The minimum Gasteiger partial charge on any atom is -0.444 e. The molecular formula is C15H20BrNO2. The summed E-state index contributed by atoms with van der Waals surface area (Å²) < 4.78 is 6.55. The number of benzene rings is 1. The van der Waals surface area contributed by atoms with Crippen LogP contribution in [0.2, 0.25) is 0 Å². The van der Waals surface area contributed by atoms with Gasteiger partial charge in [0.25, 0.3) is 0 Å². The summed E-state index contributed by atoms with van der Waals surface area (Å²) in [6.45, 7) is 8.37. The van der Waals surface area contributed by atoms with Crippen molar-refractivity contribution in [3.8, 4) is 0 Å². The number of amides is 1. The summed E-state index contributed by atoms with van der Waals surface area (Å²) in [6.07, 6.45) is 0.641. The highest BCUT2D eigenvalue weighted by Crippen LogP contribution is 2.27. The highest BCUT2D eigenvalue weighted by atomic mass is 79.9. The molecule has 1 atom stereocenters. The Morgan fingerprint density at radius 2 is 2.05 bits per heavy atom. The molecule has 1 heterocycles. The van der Waals surface area contributed by atoms with Crippen molar-refractivity contribution in [2.24, 2.45) is 0 Å². The Hall–Kier alpha value is -1.03. The van der Waals surface area contributed by atoms with E-state index in [9.17, 15) is 4.79 Å². The minimum atomic E-state index is -0.448. The number of nitrogens with zero attached hydrogens (tertiary/aromatic N) is 1. The molecule has 0 fully saturated rings. The van der Waals surface area contributed by atoms with Crippen LogP contribution in [0.15, 0.2) is 22.7 Å². The Labute approximate surface area is 123 Å². The second-order valence-electron chi connectivity index (χ2n) is 6.07. The zero-order valence-electron chi connectivity index (χ0n) is 11.9. The van der Waals surface area contributed by atoms with Gasteiger partial charge in [0.15, 0.2) is 0 Å². The first-order chi connectivity index (χ1) is 8.76. The molecule has 0 saturated heterocycles. The number of carbonyl (C=O) groups is 1. The molecule has 0 aliphatic carbocycles. The van der Waals surface area contributed by atoms with Crippen molar-refractivity contribution < 1.29 is 9.53 Å². The molecule has 0 radical (unpaired) electrons. The van der Waals surface area contributed by atoms with Gasteiger partial charge < -0.3 is 9.64 Å². The van der Waals surface area contributed by atoms with Crippen molar-refractivity contribution in [3.63, 3.8) is 0 Å². The van der Waals surface area contributed by atoms with E-state index in [4.69, 9.17) is 4.74 Å². The van der Waals surface area contributed by atoms with Gasteiger partial charge in [-0.15, -0.1) is 0 Å².